The van der Waals surface area contributed by atoms with E-state index in [9.17, 15) is 9.90 Å². The number of likely N-dealkylation sites (N-methyl/N-ethyl adjacent to an activating group) is 1. The molecule has 1 saturated carbocycles. The van der Waals surface area contributed by atoms with Crippen LogP contribution in [0.3, 0.4) is 0 Å². The van der Waals surface area contributed by atoms with Crippen molar-refractivity contribution in [3.8, 4) is 0 Å². The molecule has 6 heteroatoms. The molecule has 2 fully saturated rings. The van der Waals surface area contributed by atoms with Crippen molar-refractivity contribution in [1.82, 2.24) is 20.0 Å². The maximum atomic E-state index is 12.5. The van der Waals surface area contributed by atoms with Gasteiger partial charge in [0.2, 0.25) is 0 Å². The van der Waals surface area contributed by atoms with Crippen molar-refractivity contribution in [2.75, 3.05) is 33.7 Å². The summed E-state index contributed by atoms with van der Waals surface area (Å²) in [5.74, 6) is 0.487. The lowest BCUT2D eigenvalue weighted by molar-refractivity contribution is -0.0392. The number of rotatable bonds is 4. The van der Waals surface area contributed by atoms with Crippen LogP contribution in [0.4, 0.5) is 0 Å². The van der Waals surface area contributed by atoms with Crippen molar-refractivity contribution >= 4 is 5.91 Å². The molecule has 1 aromatic heterocycles. The van der Waals surface area contributed by atoms with Crippen molar-refractivity contribution in [3.63, 3.8) is 0 Å². The van der Waals surface area contributed by atoms with Gasteiger partial charge in [-0.1, -0.05) is 0 Å². The van der Waals surface area contributed by atoms with Gasteiger partial charge in [0.25, 0.3) is 5.91 Å². The molecule has 6 nitrogen and oxygen atoms in total. The standard InChI is InChI=1S/C15H24N4O2/c1-18(2)9-15(21)6-3-7-19(10-15)14(20)13-8-12(16-17-13)11-4-5-11/h8,11,21H,3-7,9-10H2,1-2H3,(H,16,17)/t15-/m0/s1. The summed E-state index contributed by atoms with van der Waals surface area (Å²) in [5.41, 5.74) is 0.734. The number of carbonyl (C=O) groups excluding carboxylic acids is 1. The van der Waals surface area contributed by atoms with Crippen LogP contribution in [0.15, 0.2) is 6.07 Å². The number of nitrogens with zero attached hydrogens (tertiary/aromatic N) is 3. The van der Waals surface area contributed by atoms with Crippen LogP contribution >= 0.6 is 0 Å². The van der Waals surface area contributed by atoms with Crippen LogP contribution in [-0.4, -0.2) is 70.3 Å². The molecule has 0 bridgehead atoms. The van der Waals surface area contributed by atoms with Gasteiger partial charge in [0.05, 0.1) is 12.1 Å². The largest absolute Gasteiger partial charge is 0.387 e. The summed E-state index contributed by atoms with van der Waals surface area (Å²) in [6.45, 7) is 1.65. The van der Waals surface area contributed by atoms with E-state index in [1.54, 1.807) is 4.90 Å². The average Bonchev–Trinajstić information content (AvgIpc) is 3.14. The highest BCUT2D eigenvalue weighted by molar-refractivity contribution is 5.92. The lowest BCUT2D eigenvalue weighted by Crippen LogP contribution is -2.54. The topological polar surface area (TPSA) is 72.5 Å². The molecule has 2 aliphatic rings. The van der Waals surface area contributed by atoms with Crippen molar-refractivity contribution in [2.24, 2.45) is 0 Å². The number of hydrogen-bond donors (Lipinski definition) is 2. The van der Waals surface area contributed by atoms with E-state index < -0.39 is 5.60 Å². The Balaban J connectivity index is 1.68. The predicted molar refractivity (Wildman–Crippen MR) is 79.2 cm³/mol. The molecule has 0 spiro atoms. The molecule has 0 aromatic carbocycles. The van der Waals surface area contributed by atoms with Gasteiger partial charge in [-0.2, -0.15) is 5.10 Å². The van der Waals surface area contributed by atoms with Gasteiger partial charge >= 0.3 is 0 Å². The Morgan fingerprint density at radius 2 is 2.33 bits per heavy atom. The fourth-order valence-electron chi connectivity index (χ4n) is 3.22. The number of aromatic nitrogens is 2. The molecule has 2 N–H and O–H groups in total. The minimum Gasteiger partial charge on any atom is -0.387 e. The Bertz CT molecular complexity index is 523. The van der Waals surface area contributed by atoms with Gasteiger partial charge in [-0.15, -0.1) is 0 Å². The molecule has 1 amide bonds. The fraction of sp³-hybridized carbons (Fsp3) is 0.733. The van der Waals surface area contributed by atoms with Gasteiger partial charge in [-0.05, 0) is 45.8 Å². The SMILES string of the molecule is CN(C)C[C@@]1(O)CCCN(C(=O)c2cc(C3CC3)[nH]n2)C1. The van der Waals surface area contributed by atoms with Crippen molar-refractivity contribution in [2.45, 2.75) is 37.2 Å². The molecular weight excluding hydrogens is 268 g/mol. The highest BCUT2D eigenvalue weighted by atomic mass is 16.3. The number of likely N-dealkylation sites (tertiary alicyclic amines) is 1. The van der Waals surface area contributed by atoms with Gasteiger partial charge in [0.15, 0.2) is 0 Å². The maximum absolute atomic E-state index is 12.5. The zero-order chi connectivity index (χ0) is 15.0. The van der Waals surface area contributed by atoms with Crippen LogP contribution in [0.1, 0.15) is 47.8 Å². The normalized spacial score (nSPS) is 26.4. The Kier molecular flexibility index (Phi) is 3.75. The van der Waals surface area contributed by atoms with Crippen molar-refractivity contribution < 1.29 is 9.90 Å². The van der Waals surface area contributed by atoms with E-state index in [0.29, 0.717) is 31.2 Å². The molecule has 2 heterocycles. The molecule has 1 aliphatic carbocycles. The molecule has 1 atom stereocenters. The van der Waals surface area contributed by atoms with Crippen LogP contribution < -0.4 is 0 Å². The summed E-state index contributed by atoms with van der Waals surface area (Å²) in [6.07, 6.45) is 3.93. The molecule has 1 saturated heterocycles. The first-order chi connectivity index (χ1) is 9.97. The minimum absolute atomic E-state index is 0.0740. The summed E-state index contributed by atoms with van der Waals surface area (Å²) in [4.78, 5) is 16.3. The minimum atomic E-state index is -0.812. The van der Waals surface area contributed by atoms with Crippen molar-refractivity contribution in [1.29, 1.82) is 0 Å². The number of aromatic amines is 1. The van der Waals surface area contributed by atoms with E-state index >= 15 is 0 Å². The highest BCUT2D eigenvalue weighted by Crippen LogP contribution is 2.39. The Hall–Kier alpha value is -1.40. The van der Waals surface area contributed by atoms with Gasteiger partial charge in [-0.25, -0.2) is 0 Å². The van der Waals surface area contributed by atoms with Gasteiger partial charge in [-0.3, -0.25) is 9.89 Å². The molecule has 3 rings (SSSR count). The van der Waals surface area contributed by atoms with Gasteiger partial charge in [0, 0.05) is 24.7 Å². The molecule has 21 heavy (non-hydrogen) atoms. The summed E-state index contributed by atoms with van der Waals surface area (Å²) in [6, 6.07) is 1.87. The summed E-state index contributed by atoms with van der Waals surface area (Å²) in [7, 11) is 3.88. The molecule has 1 aliphatic heterocycles. The predicted octanol–water partition coefficient (Wildman–Crippen LogP) is 0.816. The first-order valence-electron chi connectivity index (χ1n) is 7.68. The molecule has 1 aromatic rings. The summed E-state index contributed by atoms with van der Waals surface area (Å²) >= 11 is 0. The summed E-state index contributed by atoms with van der Waals surface area (Å²) in [5, 5.41) is 17.8. The number of aliphatic hydroxyl groups is 1. The van der Waals surface area contributed by atoms with E-state index in [0.717, 1.165) is 18.5 Å². The molecular formula is C15H24N4O2. The van der Waals surface area contributed by atoms with Gasteiger partial charge in [0.1, 0.15) is 5.69 Å². The number of piperidine rings is 1. The van der Waals surface area contributed by atoms with Crippen LogP contribution in [0.2, 0.25) is 0 Å². The van der Waals surface area contributed by atoms with E-state index in [1.807, 2.05) is 25.1 Å². The zero-order valence-corrected chi connectivity index (χ0v) is 12.8. The number of H-pyrrole nitrogens is 1. The molecule has 116 valence electrons. The Morgan fingerprint density at radius 3 is 3.00 bits per heavy atom. The lowest BCUT2D eigenvalue weighted by Gasteiger charge is -2.40. The second-order valence-electron chi connectivity index (χ2n) is 6.78. The Labute approximate surface area is 125 Å². The molecule has 0 radical (unpaired) electrons. The number of β-amino-alcohol motifs (C(OH)–C–C–N with tert-alkyl or cyclic N) is 1. The molecule has 0 unspecified atom stereocenters. The monoisotopic (exact) mass is 292 g/mol. The van der Waals surface area contributed by atoms with E-state index in [1.165, 1.54) is 12.8 Å². The number of carbonyl (C=O) groups is 1. The summed E-state index contributed by atoms with van der Waals surface area (Å²) < 4.78 is 0. The van der Waals surface area contributed by atoms with E-state index in [4.69, 9.17) is 0 Å². The van der Waals surface area contributed by atoms with Crippen LogP contribution in [0.25, 0.3) is 0 Å². The first-order valence-corrected chi connectivity index (χ1v) is 7.68. The smallest absolute Gasteiger partial charge is 0.274 e. The second kappa shape index (κ2) is 5.42. The van der Waals surface area contributed by atoms with Crippen LogP contribution in [0, 0.1) is 0 Å². The van der Waals surface area contributed by atoms with Crippen LogP contribution in [-0.2, 0) is 0 Å². The van der Waals surface area contributed by atoms with Gasteiger partial charge < -0.3 is 14.9 Å². The zero-order valence-electron chi connectivity index (χ0n) is 12.8. The Morgan fingerprint density at radius 1 is 1.57 bits per heavy atom. The number of nitrogens with one attached hydrogen (secondary N) is 1. The highest BCUT2D eigenvalue weighted by Gasteiger charge is 2.36. The van der Waals surface area contributed by atoms with Crippen LogP contribution in [0.5, 0.6) is 0 Å². The second-order valence-corrected chi connectivity index (χ2v) is 6.78. The number of amides is 1. The number of hydrogen-bond acceptors (Lipinski definition) is 4. The van der Waals surface area contributed by atoms with Crippen molar-refractivity contribution in [3.05, 3.63) is 17.5 Å². The first kappa shape index (κ1) is 14.5. The maximum Gasteiger partial charge on any atom is 0.274 e. The van der Waals surface area contributed by atoms with E-state index in [2.05, 4.69) is 10.2 Å². The quantitative estimate of drug-likeness (QED) is 0.861. The van der Waals surface area contributed by atoms with E-state index in [-0.39, 0.29) is 5.91 Å². The third-order valence-electron chi connectivity index (χ3n) is 4.29. The third kappa shape index (κ3) is 3.27. The average molecular weight is 292 g/mol. The fourth-order valence-corrected chi connectivity index (χ4v) is 3.22. The third-order valence-corrected chi connectivity index (χ3v) is 4.29. The lowest BCUT2D eigenvalue weighted by atomic mass is 9.92.